The predicted octanol–water partition coefficient (Wildman–Crippen LogP) is 1.58. The Bertz CT molecular complexity index is 640. The summed E-state index contributed by atoms with van der Waals surface area (Å²) in [6.07, 6.45) is 0.307. The van der Waals surface area contributed by atoms with E-state index in [2.05, 4.69) is 4.74 Å². The van der Waals surface area contributed by atoms with Crippen LogP contribution >= 0.6 is 11.6 Å². The maximum atomic E-state index is 12.3. The first-order valence-corrected chi connectivity index (χ1v) is 6.33. The Labute approximate surface area is 126 Å². The SMILES string of the molecule is [2H]C1([2H])OC([2H])([2H])C([2H])([2H])N(c2ccc(CC[C@@H](O)CCl)cc2)C1=O. The number of hydrogen-bond donors (Lipinski definition) is 1. The maximum Gasteiger partial charge on any atom is 0.253 e. The van der Waals surface area contributed by atoms with Gasteiger partial charge in [-0.05, 0) is 30.5 Å². The molecular weight excluding hydrogens is 266 g/mol. The quantitative estimate of drug-likeness (QED) is 0.838. The molecule has 0 radical (unpaired) electrons. The van der Waals surface area contributed by atoms with Gasteiger partial charge in [-0.2, -0.15) is 0 Å². The second-order valence-electron chi connectivity index (χ2n) is 4.07. The number of alkyl halides is 1. The second kappa shape index (κ2) is 6.89. The Hall–Kier alpha value is -1.10. The number of anilines is 1. The van der Waals surface area contributed by atoms with Crippen molar-refractivity contribution in [3.05, 3.63) is 29.8 Å². The molecule has 1 aliphatic rings. The number of halogens is 1. The largest absolute Gasteiger partial charge is 0.392 e. The van der Waals surface area contributed by atoms with Gasteiger partial charge in [-0.3, -0.25) is 4.79 Å². The molecule has 1 amide bonds. The Balaban J connectivity index is 2.30. The molecule has 4 nitrogen and oxygen atoms in total. The molecule has 104 valence electrons. The average Bonchev–Trinajstić information content (AvgIpc) is 2.51. The van der Waals surface area contributed by atoms with Gasteiger partial charge in [0.15, 0.2) is 0 Å². The summed E-state index contributed by atoms with van der Waals surface area (Å²) in [5, 5.41) is 9.46. The smallest absolute Gasteiger partial charge is 0.253 e. The Kier molecular flexibility index (Phi) is 2.99. The molecule has 0 saturated carbocycles. The van der Waals surface area contributed by atoms with Crippen molar-refractivity contribution in [1.29, 1.82) is 0 Å². The van der Waals surface area contributed by atoms with Gasteiger partial charge in [0, 0.05) is 18.1 Å². The average molecular weight is 290 g/mol. The number of carbonyl (C=O) groups is 1. The van der Waals surface area contributed by atoms with Crippen LogP contribution in [0.2, 0.25) is 0 Å². The van der Waals surface area contributed by atoms with E-state index < -0.39 is 31.6 Å². The van der Waals surface area contributed by atoms with Crippen LogP contribution in [0, 0.1) is 0 Å². The van der Waals surface area contributed by atoms with Gasteiger partial charge in [0.25, 0.3) is 5.91 Å². The second-order valence-corrected chi connectivity index (χ2v) is 4.38. The number of aliphatic hydroxyl groups excluding tert-OH is 1. The van der Waals surface area contributed by atoms with Crippen molar-refractivity contribution < 1.29 is 22.9 Å². The molecule has 1 fully saturated rings. The normalized spacial score (nSPS) is 30.2. The van der Waals surface area contributed by atoms with Gasteiger partial charge in [-0.15, -0.1) is 11.6 Å². The molecule has 1 aromatic carbocycles. The summed E-state index contributed by atoms with van der Waals surface area (Å²) in [4.78, 5) is 12.7. The van der Waals surface area contributed by atoms with E-state index in [-0.39, 0.29) is 11.6 Å². The summed E-state index contributed by atoms with van der Waals surface area (Å²) in [7, 11) is 0. The molecule has 1 saturated heterocycles. The van der Waals surface area contributed by atoms with Crippen molar-refractivity contribution in [3.63, 3.8) is 0 Å². The Morgan fingerprint density at radius 1 is 1.47 bits per heavy atom. The molecule has 0 unspecified atom stereocenters. The van der Waals surface area contributed by atoms with Crippen molar-refractivity contribution >= 4 is 23.2 Å². The van der Waals surface area contributed by atoms with Gasteiger partial charge < -0.3 is 14.7 Å². The van der Waals surface area contributed by atoms with E-state index in [0.29, 0.717) is 17.7 Å². The lowest BCUT2D eigenvalue weighted by Gasteiger charge is -2.26. The third-order valence-corrected chi connectivity index (χ3v) is 3.05. The molecule has 5 heteroatoms. The molecule has 2 rings (SSSR count). The fourth-order valence-corrected chi connectivity index (χ4v) is 1.79. The third-order valence-electron chi connectivity index (χ3n) is 2.69. The van der Waals surface area contributed by atoms with E-state index in [1.807, 2.05) is 0 Å². The zero-order chi connectivity index (χ0) is 19.0. The molecule has 0 bridgehead atoms. The minimum Gasteiger partial charge on any atom is -0.392 e. The van der Waals surface area contributed by atoms with Crippen LogP contribution in [0.15, 0.2) is 24.3 Å². The number of nitrogens with zero attached hydrogens (tertiary/aromatic N) is 1. The predicted molar refractivity (Wildman–Crippen MR) is 74.7 cm³/mol. The number of hydrogen-bond acceptors (Lipinski definition) is 3. The molecule has 0 aromatic heterocycles. The van der Waals surface area contributed by atoms with E-state index in [9.17, 15) is 9.90 Å². The Morgan fingerprint density at radius 3 is 2.89 bits per heavy atom. The van der Waals surface area contributed by atoms with Crippen LogP contribution in [0.1, 0.15) is 20.2 Å². The lowest BCUT2D eigenvalue weighted by Crippen LogP contribution is -2.41. The molecule has 0 aliphatic carbocycles. The number of benzene rings is 1. The van der Waals surface area contributed by atoms with Gasteiger partial charge >= 0.3 is 0 Å². The monoisotopic (exact) mass is 289 g/mol. The molecule has 1 atom stereocenters. The first-order chi connectivity index (χ1) is 11.4. The van der Waals surface area contributed by atoms with Crippen LogP contribution in [-0.2, 0) is 16.0 Å². The Morgan fingerprint density at radius 2 is 2.21 bits per heavy atom. The number of morpholine rings is 1. The number of carbonyl (C=O) groups excluding carboxylic acids is 1. The fourth-order valence-electron chi connectivity index (χ4n) is 1.64. The highest BCUT2D eigenvalue weighted by Gasteiger charge is 2.19. The maximum absolute atomic E-state index is 12.3. The summed E-state index contributed by atoms with van der Waals surface area (Å²) in [5.41, 5.74) is 0.813. The van der Waals surface area contributed by atoms with Gasteiger partial charge in [0.1, 0.15) is 6.56 Å². The summed E-state index contributed by atoms with van der Waals surface area (Å²) in [5.74, 6) is -1.21. The standard InChI is InChI=1S/C14H18ClNO3/c15-9-13(17)6-3-11-1-4-12(5-2-11)16-7-8-19-10-14(16)18/h1-2,4-5,13,17H,3,6-10H2/t13-/m1/s1/i7D2,8D2,10D2. The van der Waals surface area contributed by atoms with Crippen LogP contribution < -0.4 is 4.90 Å². The topological polar surface area (TPSA) is 49.8 Å². The molecule has 1 aliphatic heterocycles. The minimum atomic E-state index is -3.03. The van der Waals surface area contributed by atoms with E-state index in [1.54, 1.807) is 12.1 Å². The van der Waals surface area contributed by atoms with Gasteiger partial charge in [0.05, 0.1) is 20.9 Å². The highest BCUT2D eigenvalue weighted by atomic mass is 35.5. The molecule has 0 spiro atoms. The summed E-state index contributed by atoms with van der Waals surface area (Å²) >= 11 is 5.53. The number of ether oxygens (including phenoxy) is 1. The van der Waals surface area contributed by atoms with E-state index in [0.717, 1.165) is 5.56 Å². The van der Waals surface area contributed by atoms with E-state index in [4.69, 9.17) is 19.8 Å². The lowest BCUT2D eigenvalue weighted by atomic mass is 10.1. The molecular formula is C14H18ClNO3. The summed E-state index contributed by atoms with van der Waals surface area (Å²) < 4.78 is 50.5. The van der Waals surface area contributed by atoms with Gasteiger partial charge in [-0.1, -0.05) is 12.1 Å². The number of aryl methyl sites for hydroxylation is 1. The van der Waals surface area contributed by atoms with Gasteiger partial charge in [-0.25, -0.2) is 0 Å². The molecule has 1 N–H and O–H groups in total. The lowest BCUT2D eigenvalue weighted by molar-refractivity contribution is -0.125. The molecule has 19 heavy (non-hydrogen) atoms. The van der Waals surface area contributed by atoms with Crippen molar-refractivity contribution in [1.82, 2.24) is 0 Å². The third kappa shape index (κ3) is 3.93. The van der Waals surface area contributed by atoms with E-state index in [1.165, 1.54) is 12.1 Å². The van der Waals surface area contributed by atoms with Gasteiger partial charge in [0.2, 0.25) is 0 Å². The minimum absolute atomic E-state index is 0.00712. The van der Waals surface area contributed by atoms with Crippen LogP contribution in [0.25, 0.3) is 0 Å². The number of aliphatic hydroxyl groups is 1. The van der Waals surface area contributed by atoms with Crippen molar-refractivity contribution in [2.24, 2.45) is 0 Å². The van der Waals surface area contributed by atoms with Crippen molar-refractivity contribution in [2.45, 2.75) is 18.9 Å². The highest BCUT2D eigenvalue weighted by Crippen LogP contribution is 2.18. The van der Waals surface area contributed by atoms with Crippen molar-refractivity contribution in [2.75, 3.05) is 30.4 Å². The highest BCUT2D eigenvalue weighted by molar-refractivity contribution is 6.18. The first kappa shape index (κ1) is 8.25. The van der Waals surface area contributed by atoms with Crippen molar-refractivity contribution in [3.8, 4) is 0 Å². The van der Waals surface area contributed by atoms with Crippen LogP contribution in [-0.4, -0.2) is 42.6 Å². The van der Waals surface area contributed by atoms with E-state index >= 15 is 0 Å². The zero-order valence-corrected chi connectivity index (χ0v) is 10.9. The van der Waals surface area contributed by atoms with Crippen LogP contribution in [0.4, 0.5) is 5.69 Å². The first-order valence-electron chi connectivity index (χ1n) is 8.80. The fraction of sp³-hybridized carbons (Fsp3) is 0.500. The summed E-state index contributed by atoms with van der Waals surface area (Å²) in [6.45, 7) is -8.92. The van der Waals surface area contributed by atoms with Crippen LogP contribution in [0.3, 0.4) is 0 Å². The number of rotatable bonds is 5. The number of amides is 1. The molecule has 1 aromatic rings. The van der Waals surface area contributed by atoms with Crippen LogP contribution in [0.5, 0.6) is 0 Å². The summed E-state index contributed by atoms with van der Waals surface area (Å²) in [6, 6.07) is 5.99. The zero-order valence-electron chi connectivity index (χ0n) is 16.1. The molecule has 1 heterocycles.